The zero-order valence-electron chi connectivity index (χ0n) is 11.9. The second-order valence-electron chi connectivity index (χ2n) is 5.63. The van der Waals surface area contributed by atoms with Gasteiger partial charge in [-0.2, -0.15) is 0 Å². The normalized spacial score (nSPS) is 21.2. The van der Waals surface area contributed by atoms with Crippen molar-refractivity contribution in [3.63, 3.8) is 0 Å². The van der Waals surface area contributed by atoms with Crippen LogP contribution in [0.25, 0.3) is 10.8 Å². The van der Waals surface area contributed by atoms with Crippen LogP contribution in [0.5, 0.6) is 0 Å². The van der Waals surface area contributed by atoms with E-state index in [1.165, 1.54) is 0 Å². The molecule has 22 heavy (non-hydrogen) atoms. The summed E-state index contributed by atoms with van der Waals surface area (Å²) in [5.41, 5.74) is 0. The molecular weight excluding hydrogens is 322 g/mol. The molecule has 0 saturated carbocycles. The molecule has 0 aromatic heterocycles. The Balaban J connectivity index is 1.77. The molecule has 1 atom stereocenters. The summed E-state index contributed by atoms with van der Waals surface area (Å²) in [6, 6.07) is 12.5. The van der Waals surface area contributed by atoms with Crippen LogP contribution in [0.15, 0.2) is 47.4 Å². The lowest BCUT2D eigenvalue weighted by atomic mass is 10.1. The summed E-state index contributed by atoms with van der Waals surface area (Å²) in [7, 11) is -6.61. The Bertz CT molecular complexity index is 904. The van der Waals surface area contributed by atoms with Crippen LogP contribution >= 0.6 is 0 Å². The minimum Gasteiger partial charge on any atom is -0.229 e. The van der Waals surface area contributed by atoms with Crippen LogP contribution < -0.4 is 4.72 Å². The summed E-state index contributed by atoms with van der Waals surface area (Å²) in [6.07, 6.45) is 0.516. The zero-order valence-corrected chi connectivity index (χ0v) is 13.5. The first-order chi connectivity index (χ1) is 10.4. The standard InChI is InChI=1S/C15H17NO4S2/c17-21(18)8-7-12(11-21)10-16-22(19,20)15-6-5-13-3-1-2-4-14(13)9-15/h1-6,9,12,16H,7-8,10-11H2/t12-/m0/s1. The Hall–Kier alpha value is -1.44. The molecule has 2 aromatic carbocycles. The van der Waals surface area contributed by atoms with Gasteiger partial charge in [0, 0.05) is 6.54 Å². The van der Waals surface area contributed by atoms with Crippen LogP contribution in [-0.4, -0.2) is 34.9 Å². The molecule has 2 aromatic rings. The fourth-order valence-corrected chi connectivity index (χ4v) is 5.69. The molecule has 1 fully saturated rings. The van der Waals surface area contributed by atoms with E-state index >= 15 is 0 Å². The van der Waals surface area contributed by atoms with Crippen molar-refractivity contribution in [3.05, 3.63) is 42.5 Å². The quantitative estimate of drug-likeness (QED) is 0.916. The molecule has 5 nitrogen and oxygen atoms in total. The largest absolute Gasteiger partial charge is 0.240 e. The van der Waals surface area contributed by atoms with Crippen molar-refractivity contribution < 1.29 is 16.8 Å². The van der Waals surface area contributed by atoms with E-state index in [9.17, 15) is 16.8 Å². The molecule has 1 aliphatic rings. The lowest BCUT2D eigenvalue weighted by Crippen LogP contribution is -2.29. The molecule has 1 heterocycles. The van der Waals surface area contributed by atoms with Gasteiger partial charge >= 0.3 is 0 Å². The minimum absolute atomic E-state index is 0.0627. The second kappa shape index (κ2) is 5.64. The molecular formula is C15H17NO4S2. The van der Waals surface area contributed by atoms with Gasteiger partial charge in [-0.1, -0.05) is 30.3 Å². The van der Waals surface area contributed by atoms with Gasteiger partial charge in [-0.15, -0.1) is 0 Å². The Morgan fingerprint density at radius 3 is 2.50 bits per heavy atom. The second-order valence-corrected chi connectivity index (χ2v) is 9.63. The summed E-state index contributed by atoms with van der Waals surface area (Å²) >= 11 is 0. The maximum absolute atomic E-state index is 12.3. The van der Waals surface area contributed by atoms with Crippen molar-refractivity contribution in [1.82, 2.24) is 4.72 Å². The molecule has 0 amide bonds. The third-order valence-corrected chi connectivity index (χ3v) is 7.18. The van der Waals surface area contributed by atoms with Crippen molar-refractivity contribution in [3.8, 4) is 0 Å². The van der Waals surface area contributed by atoms with Gasteiger partial charge in [-0.05, 0) is 35.2 Å². The summed E-state index contributed by atoms with van der Waals surface area (Å²) in [5.74, 6) is 0.0722. The van der Waals surface area contributed by atoms with Gasteiger partial charge in [-0.25, -0.2) is 21.6 Å². The summed E-state index contributed by atoms with van der Waals surface area (Å²) in [4.78, 5) is 0.201. The van der Waals surface area contributed by atoms with Gasteiger partial charge in [0.2, 0.25) is 10.0 Å². The first kappa shape index (κ1) is 15.5. The molecule has 1 saturated heterocycles. The maximum Gasteiger partial charge on any atom is 0.240 e. The number of benzene rings is 2. The highest BCUT2D eigenvalue weighted by Gasteiger charge is 2.29. The van der Waals surface area contributed by atoms with Crippen LogP contribution in [0.1, 0.15) is 6.42 Å². The predicted molar refractivity (Wildman–Crippen MR) is 85.9 cm³/mol. The molecule has 3 rings (SSSR count). The van der Waals surface area contributed by atoms with E-state index < -0.39 is 19.9 Å². The van der Waals surface area contributed by atoms with E-state index in [2.05, 4.69) is 4.72 Å². The molecule has 118 valence electrons. The molecule has 0 bridgehead atoms. The summed E-state index contributed by atoms with van der Waals surface area (Å²) in [5, 5.41) is 1.83. The molecule has 0 unspecified atom stereocenters. The Morgan fingerprint density at radius 1 is 1.09 bits per heavy atom. The van der Waals surface area contributed by atoms with E-state index in [0.29, 0.717) is 6.42 Å². The number of nitrogens with one attached hydrogen (secondary N) is 1. The smallest absolute Gasteiger partial charge is 0.229 e. The highest BCUT2D eigenvalue weighted by Crippen LogP contribution is 2.21. The highest BCUT2D eigenvalue weighted by atomic mass is 32.2. The SMILES string of the molecule is O=S1(=O)CC[C@@H](CNS(=O)(=O)c2ccc3ccccc3c2)C1. The molecule has 1 aliphatic heterocycles. The molecule has 7 heteroatoms. The monoisotopic (exact) mass is 339 g/mol. The zero-order chi connectivity index (χ0) is 15.8. The minimum atomic E-state index is -3.62. The van der Waals surface area contributed by atoms with Gasteiger partial charge in [0.15, 0.2) is 9.84 Å². The third kappa shape index (κ3) is 3.31. The lowest BCUT2D eigenvalue weighted by Gasteiger charge is -2.11. The average molecular weight is 339 g/mol. The van der Waals surface area contributed by atoms with Gasteiger partial charge in [0.05, 0.1) is 16.4 Å². The fourth-order valence-electron chi connectivity index (χ4n) is 2.68. The van der Waals surface area contributed by atoms with Crippen molar-refractivity contribution in [2.75, 3.05) is 18.1 Å². The lowest BCUT2D eigenvalue weighted by molar-refractivity contribution is 0.543. The van der Waals surface area contributed by atoms with Crippen LogP contribution in [0.2, 0.25) is 0 Å². The topological polar surface area (TPSA) is 80.3 Å². The summed E-state index contributed by atoms with van der Waals surface area (Å²) < 4.78 is 50.0. The first-order valence-corrected chi connectivity index (χ1v) is 10.4. The Morgan fingerprint density at radius 2 is 1.82 bits per heavy atom. The molecule has 0 radical (unpaired) electrons. The van der Waals surface area contributed by atoms with Crippen molar-refractivity contribution in [1.29, 1.82) is 0 Å². The average Bonchev–Trinajstić information content (AvgIpc) is 2.84. The first-order valence-electron chi connectivity index (χ1n) is 7.05. The molecule has 0 aliphatic carbocycles. The summed E-state index contributed by atoms with van der Waals surface area (Å²) in [6.45, 7) is 0.161. The Labute approximate surface area is 130 Å². The third-order valence-electron chi connectivity index (χ3n) is 3.92. The fraction of sp³-hybridized carbons (Fsp3) is 0.333. The van der Waals surface area contributed by atoms with Crippen molar-refractivity contribution >= 4 is 30.6 Å². The molecule has 1 N–H and O–H groups in total. The van der Waals surface area contributed by atoms with Gasteiger partial charge in [-0.3, -0.25) is 0 Å². The van der Waals surface area contributed by atoms with E-state index in [4.69, 9.17) is 0 Å². The van der Waals surface area contributed by atoms with E-state index in [1.807, 2.05) is 24.3 Å². The number of hydrogen-bond donors (Lipinski definition) is 1. The van der Waals surface area contributed by atoms with Gasteiger partial charge in [0.1, 0.15) is 0 Å². The van der Waals surface area contributed by atoms with Gasteiger partial charge < -0.3 is 0 Å². The van der Waals surface area contributed by atoms with Crippen LogP contribution in [0, 0.1) is 5.92 Å². The Kier molecular flexibility index (Phi) is 3.96. The van der Waals surface area contributed by atoms with Crippen molar-refractivity contribution in [2.24, 2.45) is 5.92 Å². The van der Waals surface area contributed by atoms with Crippen LogP contribution in [0.4, 0.5) is 0 Å². The molecule has 0 spiro atoms. The predicted octanol–water partition coefficient (Wildman–Crippen LogP) is 1.55. The van der Waals surface area contributed by atoms with E-state index in [1.54, 1.807) is 18.2 Å². The highest BCUT2D eigenvalue weighted by molar-refractivity contribution is 7.91. The van der Waals surface area contributed by atoms with Crippen LogP contribution in [0.3, 0.4) is 0 Å². The van der Waals surface area contributed by atoms with Crippen molar-refractivity contribution in [2.45, 2.75) is 11.3 Å². The number of rotatable bonds is 4. The maximum atomic E-state index is 12.3. The van der Waals surface area contributed by atoms with Gasteiger partial charge in [0.25, 0.3) is 0 Å². The number of fused-ring (bicyclic) bond motifs is 1. The number of sulfone groups is 1. The van der Waals surface area contributed by atoms with E-state index in [0.717, 1.165) is 10.8 Å². The van der Waals surface area contributed by atoms with Crippen LogP contribution in [-0.2, 0) is 19.9 Å². The van der Waals surface area contributed by atoms with E-state index in [-0.39, 0.29) is 28.9 Å². The number of hydrogen-bond acceptors (Lipinski definition) is 4. The number of sulfonamides is 1.